The average molecular weight is 261 g/mol. The Morgan fingerprint density at radius 3 is 2.65 bits per heavy atom. The fraction of sp³-hybridized carbons (Fsp3) is 0.364. The minimum Gasteiger partial charge on any atom is -0.254 e. The number of alkyl halides is 3. The lowest BCUT2D eigenvalue weighted by Crippen LogP contribution is -2.06. The maximum atomic E-state index is 12.4. The number of nitrogens with zero attached hydrogens (tertiary/aromatic N) is 1. The molecule has 1 atom stereocenters. The lowest BCUT2D eigenvalue weighted by atomic mass is 10.2. The van der Waals surface area contributed by atoms with Crippen LogP contribution in [-0.4, -0.2) is 9.96 Å². The van der Waals surface area contributed by atoms with Gasteiger partial charge in [-0.15, -0.1) is 0 Å². The molecule has 0 fully saturated rings. The van der Waals surface area contributed by atoms with Crippen molar-refractivity contribution in [1.29, 1.82) is 5.26 Å². The molecule has 0 heterocycles. The van der Waals surface area contributed by atoms with Gasteiger partial charge in [-0.3, -0.25) is 4.21 Å². The van der Waals surface area contributed by atoms with Crippen molar-refractivity contribution in [3.8, 4) is 6.07 Å². The van der Waals surface area contributed by atoms with E-state index < -0.39 is 22.5 Å². The third-order valence-electron chi connectivity index (χ3n) is 2.04. The molecule has 1 aromatic carbocycles. The van der Waals surface area contributed by atoms with E-state index in [-0.39, 0.29) is 17.1 Å². The minimum atomic E-state index is -4.42. The highest BCUT2D eigenvalue weighted by molar-refractivity contribution is 7.85. The first-order chi connectivity index (χ1) is 7.95. The summed E-state index contributed by atoms with van der Waals surface area (Å²) in [4.78, 5) is 0.151. The second-order valence-corrected chi connectivity index (χ2v) is 4.91. The van der Waals surface area contributed by atoms with Gasteiger partial charge in [0.15, 0.2) is 0 Å². The fourth-order valence-corrected chi connectivity index (χ4v) is 2.35. The Balaban J connectivity index is 2.79. The summed E-state index contributed by atoms with van der Waals surface area (Å²) in [7, 11) is -1.48. The van der Waals surface area contributed by atoms with Crippen LogP contribution < -0.4 is 0 Å². The summed E-state index contributed by atoms with van der Waals surface area (Å²) in [5.41, 5.74) is -0.802. The molecule has 0 saturated heterocycles. The third kappa shape index (κ3) is 4.19. The van der Waals surface area contributed by atoms with Crippen LogP contribution in [0.15, 0.2) is 29.2 Å². The summed E-state index contributed by atoms with van der Waals surface area (Å²) in [6.45, 7) is 0. The second-order valence-electron chi connectivity index (χ2n) is 3.34. The van der Waals surface area contributed by atoms with E-state index in [1.807, 2.05) is 6.07 Å². The van der Waals surface area contributed by atoms with Gasteiger partial charge in [0.05, 0.1) is 22.4 Å². The highest BCUT2D eigenvalue weighted by Crippen LogP contribution is 2.30. The molecule has 0 amide bonds. The Kier molecular flexibility index (Phi) is 4.70. The van der Waals surface area contributed by atoms with Crippen molar-refractivity contribution in [2.45, 2.75) is 23.9 Å². The number of hydrogen-bond donors (Lipinski definition) is 0. The zero-order valence-corrected chi connectivity index (χ0v) is 9.64. The highest BCUT2D eigenvalue weighted by atomic mass is 32.2. The standard InChI is InChI=1S/C11H10F3NOS/c12-11(13,14)9-4-3-5-10(8-9)17(16)7-2-1-6-15/h3-5,8H,1-2,7H2. The van der Waals surface area contributed by atoms with Crippen LogP contribution in [0, 0.1) is 11.3 Å². The van der Waals surface area contributed by atoms with Crippen molar-refractivity contribution >= 4 is 10.8 Å². The van der Waals surface area contributed by atoms with E-state index in [2.05, 4.69) is 0 Å². The van der Waals surface area contributed by atoms with Gasteiger partial charge >= 0.3 is 6.18 Å². The first-order valence-electron chi connectivity index (χ1n) is 4.87. The predicted molar refractivity (Wildman–Crippen MR) is 57.6 cm³/mol. The van der Waals surface area contributed by atoms with Gasteiger partial charge in [-0.2, -0.15) is 18.4 Å². The second kappa shape index (κ2) is 5.82. The van der Waals surface area contributed by atoms with E-state index in [4.69, 9.17) is 5.26 Å². The van der Waals surface area contributed by atoms with Crippen LogP contribution in [-0.2, 0) is 17.0 Å². The summed E-state index contributed by atoms with van der Waals surface area (Å²) in [5, 5.41) is 8.30. The molecule has 0 aromatic heterocycles. The van der Waals surface area contributed by atoms with Crippen LogP contribution in [0.2, 0.25) is 0 Å². The SMILES string of the molecule is N#CCCCS(=O)c1cccc(C(F)(F)F)c1. The van der Waals surface area contributed by atoms with Gasteiger partial charge in [-0.25, -0.2) is 0 Å². The zero-order valence-electron chi connectivity index (χ0n) is 8.83. The van der Waals surface area contributed by atoms with Gasteiger partial charge in [-0.05, 0) is 24.6 Å². The summed E-state index contributed by atoms with van der Waals surface area (Å²) >= 11 is 0. The largest absolute Gasteiger partial charge is 0.416 e. The van der Waals surface area contributed by atoms with Crippen LogP contribution in [0.4, 0.5) is 13.2 Å². The lowest BCUT2D eigenvalue weighted by molar-refractivity contribution is -0.137. The Labute approximate surface area is 99.5 Å². The van der Waals surface area contributed by atoms with Crippen LogP contribution in [0.3, 0.4) is 0 Å². The molecule has 0 aliphatic heterocycles. The summed E-state index contributed by atoms with van der Waals surface area (Å²) < 4.78 is 48.8. The molecule has 6 heteroatoms. The number of hydrogen-bond acceptors (Lipinski definition) is 2. The Hall–Kier alpha value is -1.35. The number of halogens is 3. The van der Waals surface area contributed by atoms with Crippen molar-refractivity contribution in [1.82, 2.24) is 0 Å². The number of nitriles is 1. The van der Waals surface area contributed by atoms with E-state index in [1.54, 1.807) is 0 Å². The van der Waals surface area contributed by atoms with Gasteiger partial charge in [0.1, 0.15) is 0 Å². The van der Waals surface area contributed by atoms with E-state index in [1.165, 1.54) is 12.1 Å². The maximum Gasteiger partial charge on any atom is 0.416 e. The molecule has 0 radical (unpaired) electrons. The van der Waals surface area contributed by atoms with E-state index in [0.29, 0.717) is 6.42 Å². The monoisotopic (exact) mass is 261 g/mol. The highest BCUT2D eigenvalue weighted by Gasteiger charge is 2.30. The number of benzene rings is 1. The topological polar surface area (TPSA) is 40.9 Å². The van der Waals surface area contributed by atoms with Crippen molar-refractivity contribution in [2.24, 2.45) is 0 Å². The molecule has 0 N–H and O–H groups in total. The molecule has 92 valence electrons. The molecule has 17 heavy (non-hydrogen) atoms. The van der Waals surface area contributed by atoms with Crippen molar-refractivity contribution in [2.75, 3.05) is 5.75 Å². The van der Waals surface area contributed by atoms with Crippen molar-refractivity contribution < 1.29 is 17.4 Å². The van der Waals surface area contributed by atoms with E-state index >= 15 is 0 Å². The Morgan fingerprint density at radius 2 is 2.06 bits per heavy atom. The van der Waals surface area contributed by atoms with E-state index in [9.17, 15) is 17.4 Å². The van der Waals surface area contributed by atoms with Crippen molar-refractivity contribution in [3.05, 3.63) is 29.8 Å². The predicted octanol–water partition coefficient (Wildman–Crippen LogP) is 3.12. The smallest absolute Gasteiger partial charge is 0.254 e. The van der Waals surface area contributed by atoms with Gasteiger partial charge in [0.2, 0.25) is 0 Å². The first kappa shape index (κ1) is 13.7. The summed E-state index contributed by atoms with van der Waals surface area (Å²) in [6.07, 6.45) is -3.75. The third-order valence-corrected chi connectivity index (χ3v) is 3.48. The molecule has 1 aromatic rings. The van der Waals surface area contributed by atoms with Crippen LogP contribution in [0.5, 0.6) is 0 Å². The van der Waals surface area contributed by atoms with Crippen LogP contribution in [0.1, 0.15) is 18.4 Å². The molecule has 0 saturated carbocycles. The molecular formula is C11H10F3NOS. The van der Waals surface area contributed by atoms with Crippen molar-refractivity contribution in [3.63, 3.8) is 0 Å². The molecular weight excluding hydrogens is 251 g/mol. The zero-order chi connectivity index (χ0) is 12.9. The molecule has 0 aliphatic carbocycles. The molecule has 1 unspecified atom stereocenters. The molecule has 0 spiro atoms. The molecule has 1 rings (SSSR count). The Bertz CT molecular complexity index is 451. The van der Waals surface area contributed by atoms with E-state index in [0.717, 1.165) is 12.1 Å². The first-order valence-corrected chi connectivity index (χ1v) is 6.19. The Morgan fingerprint density at radius 1 is 1.35 bits per heavy atom. The molecule has 0 aliphatic rings. The van der Waals surface area contributed by atoms with Crippen LogP contribution in [0.25, 0.3) is 0 Å². The number of rotatable bonds is 4. The maximum absolute atomic E-state index is 12.4. The van der Waals surface area contributed by atoms with Gasteiger partial charge in [0.25, 0.3) is 0 Å². The normalized spacial score (nSPS) is 13.1. The average Bonchev–Trinajstić information content (AvgIpc) is 2.28. The van der Waals surface area contributed by atoms with Crippen LogP contribution >= 0.6 is 0 Å². The fourth-order valence-electron chi connectivity index (χ4n) is 1.21. The number of unbranched alkanes of at least 4 members (excludes halogenated alkanes) is 1. The van der Waals surface area contributed by atoms with Gasteiger partial charge in [0, 0.05) is 17.1 Å². The van der Waals surface area contributed by atoms with Gasteiger partial charge < -0.3 is 0 Å². The van der Waals surface area contributed by atoms with Gasteiger partial charge in [-0.1, -0.05) is 6.07 Å². The minimum absolute atomic E-state index is 0.151. The lowest BCUT2D eigenvalue weighted by Gasteiger charge is -2.08. The molecule has 2 nitrogen and oxygen atoms in total. The molecule has 0 bridgehead atoms. The summed E-state index contributed by atoms with van der Waals surface area (Å²) in [5.74, 6) is 0.203. The quantitative estimate of drug-likeness (QED) is 0.781. The summed E-state index contributed by atoms with van der Waals surface area (Å²) in [6, 6.07) is 6.36.